The van der Waals surface area contributed by atoms with E-state index >= 15 is 0 Å². The van der Waals surface area contributed by atoms with Crippen LogP contribution in [0.25, 0.3) is 0 Å². The fourth-order valence-corrected chi connectivity index (χ4v) is 2.21. The number of tetrazole rings is 1. The molecular weight excluding hydrogens is 224 g/mol. The van der Waals surface area contributed by atoms with E-state index in [1.165, 1.54) is 0 Å². The number of aliphatic carboxylic acids is 1. The fraction of sp³-hybridized carbons (Fsp3) is 0.800. The van der Waals surface area contributed by atoms with Gasteiger partial charge >= 0.3 is 5.97 Å². The SMILES string of the molecule is O=C(O)C1(Cn2nnnc2C2CCCO2)CC1. The molecule has 1 unspecified atom stereocenters. The topological polar surface area (TPSA) is 90.1 Å². The van der Waals surface area contributed by atoms with Crippen molar-refractivity contribution in [3.63, 3.8) is 0 Å². The van der Waals surface area contributed by atoms with E-state index in [0.29, 0.717) is 25.2 Å². The minimum Gasteiger partial charge on any atom is -0.481 e. The van der Waals surface area contributed by atoms with Crippen LogP contribution in [0.15, 0.2) is 0 Å². The summed E-state index contributed by atoms with van der Waals surface area (Å²) in [5.74, 6) is -0.0960. The third kappa shape index (κ3) is 1.80. The van der Waals surface area contributed by atoms with E-state index in [2.05, 4.69) is 15.5 Å². The summed E-state index contributed by atoms with van der Waals surface area (Å²) in [6.07, 6.45) is 3.23. The highest BCUT2D eigenvalue weighted by atomic mass is 16.5. The Labute approximate surface area is 97.8 Å². The van der Waals surface area contributed by atoms with E-state index in [1.807, 2.05) is 0 Å². The zero-order valence-electron chi connectivity index (χ0n) is 9.37. The number of carbonyl (C=O) groups is 1. The van der Waals surface area contributed by atoms with Gasteiger partial charge in [-0.1, -0.05) is 0 Å². The number of carboxylic acid groups (broad SMARTS) is 1. The van der Waals surface area contributed by atoms with Crippen molar-refractivity contribution in [2.24, 2.45) is 5.41 Å². The molecule has 1 aliphatic carbocycles. The van der Waals surface area contributed by atoms with Crippen LogP contribution in [0, 0.1) is 5.41 Å². The lowest BCUT2D eigenvalue weighted by molar-refractivity contribution is -0.144. The zero-order chi connectivity index (χ0) is 11.9. The molecule has 7 heteroatoms. The summed E-state index contributed by atoms with van der Waals surface area (Å²) in [6.45, 7) is 1.08. The zero-order valence-corrected chi connectivity index (χ0v) is 9.37. The number of aromatic nitrogens is 4. The van der Waals surface area contributed by atoms with Crippen LogP contribution in [-0.4, -0.2) is 37.9 Å². The summed E-state index contributed by atoms with van der Waals surface area (Å²) >= 11 is 0. The Kier molecular flexibility index (Phi) is 2.36. The van der Waals surface area contributed by atoms with Gasteiger partial charge in [-0.15, -0.1) is 5.10 Å². The quantitative estimate of drug-likeness (QED) is 0.816. The molecule has 17 heavy (non-hydrogen) atoms. The van der Waals surface area contributed by atoms with Crippen molar-refractivity contribution < 1.29 is 14.6 Å². The Balaban J connectivity index is 1.79. The van der Waals surface area contributed by atoms with Crippen molar-refractivity contribution in [2.45, 2.75) is 38.3 Å². The van der Waals surface area contributed by atoms with Crippen molar-refractivity contribution in [1.29, 1.82) is 0 Å². The van der Waals surface area contributed by atoms with Gasteiger partial charge in [-0.2, -0.15) is 0 Å². The van der Waals surface area contributed by atoms with Gasteiger partial charge in [-0.25, -0.2) is 4.68 Å². The minimum atomic E-state index is -0.758. The number of nitrogens with zero attached hydrogens (tertiary/aromatic N) is 4. The van der Waals surface area contributed by atoms with Gasteiger partial charge < -0.3 is 9.84 Å². The van der Waals surface area contributed by atoms with Crippen molar-refractivity contribution in [3.8, 4) is 0 Å². The van der Waals surface area contributed by atoms with Crippen LogP contribution < -0.4 is 0 Å². The predicted molar refractivity (Wildman–Crippen MR) is 55.0 cm³/mol. The molecule has 2 heterocycles. The van der Waals surface area contributed by atoms with E-state index in [4.69, 9.17) is 9.84 Å². The molecule has 0 radical (unpaired) electrons. The van der Waals surface area contributed by atoms with Crippen molar-refractivity contribution >= 4 is 5.97 Å². The summed E-state index contributed by atoms with van der Waals surface area (Å²) in [7, 11) is 0. The molecule has 1 aromatic rings. The van der Waals surface area contributed by atoms with Crippen molar-refractivity contribution in [3.05, 3.63) is 5.82 Å². The molecule has 3 rings (SSSR count). The molecule has 2 aliphatic rings. The summed E-state index contributed by atoms with van der Waals surface area (Å²) in [4.78, 5) is 11.1. The Morgan fingerprint density at radius 2 is 2.41 bits per heavy atom. The molecule has 1 saturated heterocycles. The number of ether oxygens (including phenoxy) is 1. The van der Waals surface area contributed by atoms with Crippen molar-refractivity contribution in [1.82, 2.24) is 20.2 Å². The molecule has 1 saturated carbocycles. The maximum atomic E-state index is 11.1. The summed E-state index contributed by atoms with van der Waals surface area (Å²) < 4.78 is 7.12. The van der Waals surface area contributed by atoms with Crippen molar-refractivity contribution in [2.75, 3.05) is 6.61 Å². The first-order valence-corrected chi connectivity index (χ1v) is 5.82. The average Bonchev–Trinajstić information content (AvgIpc) is 2.75. The largest absolute Gasteiger partial charge is 0.481 e. The molecule has 92 valence electrons. The molecule has 0 amide bonds. The van der Waals surface area contributed by atoms with Gasteiger partial charge in [-0.05, 0) is 36.1 Å². The fourth-order valence-electron chi connectivity index (χ4n) is 2.21. The number of carboxylic acids is 1. The van der Waals surface area contributed by atoms with E-state index in [-0.39, 0.29) is 6.10 Å². The van der Waals surface area contributed by atoms with Crippen LogP contribution in [0.1, 0.15) is 37.6 Å². The van der Waals surface area contributed by atoms with Crippen LogP contribution in [-0.2, 0) is 16.1 Å². The van der Waals surface area contributed by atoms with Gasteiger partial charge in [0, 0.05) is 6.61 Å². The molecule has 1 aliphatic heterocycles. The molecule has 0 spiro atoms. The predicted octanol–water partition coefficient (Wildman–Crippen LogP) is 0.389. The number of hydrogen-bond acceptors (Lipinski definition) is 5. The highest BCUT2D eigenvalue weighted by Gasteiger charge is 2.51. The van der Waals surface area contributed by atoms with Crippen LogP contribution >= 0.6 is 0 Å². The molecule has 7 nitrogen and oxygen atoms in total. The highest BCUT2D eigenvalue weighted by molar-refractivity contribution is 5.77. The first-order chi connectivity index (χ1) is 8.21. The average molecular weight is 238 g/mol. The van der Waals surface area contributed by atoms with E-state index < -0.39 is 11.4 Å². The lowest BCUT2D eigenvalue weighted by atomic mass is 10.1. The minimum absolute atomic E-state index is 0.0744. The van der Waals surface area contributed by atoms with Crippen LogP contribution in [0.3, 0.4) is 0 Å². The normalized spacial score (nSPS) is 26.0. The van der Waals surface area contributed by atoms with Gasteiger partial charge in [-0.3, -0.25) is 4.79 Å². The number of hydrogen-bond donors (Lipinski definition) is 1. The maximum absolute atomic E-state index is 11.1. The van der Waals surface area contributed by atoms with E-state index in [9.17, 15) is 4.79 Å². The Morgan fingerprint density at radius 1 is 1.59 bits per heavy atom. The lowest BCUT2D eigenvalue weighted by Gasteiger charge is -2.13. The number of rotatable bonds is 4. The Bertz CT molecular complexity index is 435. The summed E-state index contributed by atoms with van der Waals surface area (Å²) in [5.41, 5.74) is -0.650. The summed E-state index contributed by atoms with van der Waals surface area (Å²) in [6, 6.07) is 0. The molecule has 0 aromatic carbocycles. The molecule has 1 aromatic heterocycles. The highest BCUT2D eigenvalue weighted by Crippen LogP contribution is 2.47. The third-order valence-corrected chi connectivity index (χ3v) is 3.54. The van der Waals surface area contributed by atoms with Gasteiger partial charge in [0.2, 0.25) is 0 Å². The second kappa shape index (κ2) is 3.76. The second-order valence-electron chi connectivity index (χ2n) is 4.78. The maximum Gasteiger partial charge on any atom is 0.311 e. The first-order valence-electron chi connectivity index (χ1n) is 5.82. The van der Waals surface area contributed by atoms with Crippen LogP contribution in [0.4, 0.5) is 0 Å². The molecular formula is C10H14N4O3. The Hall–Kier alpha value is -1.50. The standard InChI is InChI=1S/C10H14N4O3/c15-9(16)10(3-4-10)6-14-8(11-12-13-14)7-2-1-5-17-7/h7H,1-6H2,(H,15,16). The van der Waals surface area contributed by atoms with Gasteiger partial charge in [0.25, 0.3) is 0 Å². The smallest absolute Gasteiger partial charge is 0.311 e. The molecule has 2 fully saturated rings. The third-order valence-electron chi connectivity index (χ3n) is 3.54. The van der Waals surface area contributed by atoms with E-state index in [1.54, 1.807) is 4.68 Å². The molecule has 0 bridgehead atoms. The lowest BCUT2D eigenvalue weighted by Crippen LogP contribution is -2.24. The van der Waals surface area contributed by atoms with Gasteiger partial charge in [0.05, 0.1) is 12.0 Å². The molecule has 1 atom stereocenters. The van der Waals surface area contributed by atoms with Gasteiger partial charge in [0.1, 0.15) is 6.10 Å². The Morgan fingerprint density at radius 3 is 3.00 bits per heavy atom. The monoisotopic (exact) mass is 238 g/mol. The summed E-state index contributed by atoms with van der Waals surface area (Å²) in [5, 5.41) is 20.6. The van der Waals surface area contributed by atoms with Crippen LogP contribution in [0.5, 0.6) is 0 Å². The van der Waals surface area contributed by atoms with Crippen LogP contribution in [0.2, 0.25) is 0 Å². The molecule has 1 N–H and O–H groups in total. The second-order valence-corrected chi connectivity index (χ2v) is 4.78. The van der Waals surface area contributed by atoms with Gasteiger partial charge in [0.15, 0.2) is 5.82 Å². The van der Waals surface area contributed by atoms with E-state index in [0.717, 1.165) is 19.4 Å². The first kappa shape index (κ1) is 10.6.